The van der Waals surface area contributed by atoms with Crippen LogP contribution < -0.4 is 4.90 Å². The van der Waals surface area contributed by atoms with Gasteiger partial charge in [-0.15, -0.1) is 0 Å². The molecule has 0 bridgehead atoms. The number of aryl methyl sites for hydroxylation is 2. The third kappa shape index (κ3) is 3.91. The first-order chi connectivity index (χ1) is 13.3. The van der Waals surface area contributed by atoms with Gasteiger partial charge >= 0.3 is 5.97 Å². The first kappa shape index (κ1) is 20.0. The van der Waals surface area contributed by atoms with Crippen molar-refractivity contribution in [2.75, 3.05) is 18.5 Å². The number of amidine groups is 1. The Morgan fingerprint density at radius 3 is 2.54 bits per heavy atom. The number of hydrogen-bond acceptors (Lipinski definition) is 6. The molecule has 0 aliphatic carbocycles. The highest BCUT2D eigenvalue weighted by Crippen LogP contribution is 2.37. The van der Waals surface area contributed by atoms with E-state index in [1.54, 1.807) is 0 Å². The fourth-order valence-electron chi connectivity index (χ4n) is 3.37. The lowest BCUT2D eigenvalue weighted by atomic mass is 10.0. The molecule has 1 atom stereocenters. The second-order valence-corrected chi connectivity index (χ2v) is 7.31. The molecule has 0 fully saturated rings. The second-order valence-electron chi connectivity index (χ2n) is 7.31. The third-order valence-electron chi connectivity index (χ3n) is 5.21. The Hall–Kier alpha value is -2.74. The van der Waals surface area contributed by atoms with Crippen LogP contribution in [0, 0.1) is 13.8 Å². The van der Waals surface area contributed by atoms with Crippen molar-refractivity contribution in [2.45, 2.75) is 52.3 Å². The summed E-state index contributed by atoms with van der Waals surface area (Å²) in [7, 11) is 1.50. The van der Waals surface area contributed by atoms with Crippen molar-refractivity contribution >= 4 is 34.8 Å². The van der Waals surface area contributed by atoms with E-state index in [4.69, 9.17) is 5.11 Å². The molecular weight excluding hydrogens is 360 g/mol. The largest absolute Gasteiger partial charge is 0.481 e. The van der Waals surface area contributed by atoms with E-state index < -0.39 is 12.3 Å². The zero-order valence-electron chi connectivity index (χ0n) is 16.5. The summed E-state index contributed by atoms with van der Waals surface area (Å²) in [6.45, 7) is 4.64. The van der Waals surface area contributed by atoms with Crippen LogP contribution in [0.15, 0.2) is 22.1 Å². The third-order valence-corrected chi connectivity index (χ3v) is 5.21. The Balaban J connectivity index is 1.85. The van der Waals surface area contributed by atoms with E-state index in [1.807, 2.05) is 30.9 Å². The number of aliphatic carboxylic acids is 1. The smallest absolute Gasteiger partial charge is 0.303 e. The average Bonchev–Trinajstić information content (AvgIpc) is 2.64. The van der Waals surface area contributed by atoms with Crippen molar-refractivity contribution in [3.8, 4) is 0 Å². The summed E-state index contributed by atoms with van der Waals surface area (Å²) in [6, 6.07) is 4.00. The number of aliphatic hydroxyl groups is 1. The molecule has 0 aromatic heterocycles. The molecule has 1 unspecified atom stereocenters. The number of carbonyl (C=O) groups is 2. The molecule has 0 radical (unpaired) electrons. The van der Waals surface area contributed by atoms with Crippen LogP contribution in [0.1, 0.15) is 43.2 Å². The number of aliphatic hydroxyl groups excluding tert-OH is 1. The van der Waals surface area contributed by atoms with Crippen LogP contribution in [0.3, 0.4) is 0 Å². The number of unbranched alkanes of at least 4 members (excludes halogenated alkanes) is 3. The molecule has 1 aromatic rings. The molecule has 8 nitrogen and oxygen atoms in total. The number of aliphatic imine (C=N–C) groups is 2. The van der Waals surface area contributed by atoms with E-state index in [-0.39, 0.29) is 18.0 Å². The van der Waals surface area contributed by atoms with Gasteiger partial charge in [-0.3, -0.25) is 14.5 Å². The quantitative estimate of drug-likeness (QED) is 0.700. The normalized spacial score (nSPS) is 18.4. The highest BCUT2D eigenvalue weighted by atomic mass is 16.4. The van der Waals surface area contributed by atoms with Crippen molar-refractivity contribution in [1.82, 2.24) is 4.90 Å². The molecule has 2 heterocycles. The Morgan fingerprint density at radius 2 is 1.82 bits per heavy atom. The SMILES string of the molecule is Cc1cc2c(cc1C)N(CCCCCCC(=O)O)C1=NC(O)N(C)C(=O)C1=N2. The van der Waals surface area contributed by atoms with Crippen molar-refractivity contribution in [3.63, 3.8) is 0 Å². The van der Waals surface area contributed by atoms with Gasteiger partial charge in [0.2, 0.25) is 6.35 Å². The molecular formula is C20H26N4O4. The summed E-state index contributed by atoms with van der Waals surface area (Å²) in [6.07, 6.45) is 2.13. The predicted molar refractivity (Wildman–Crippen MR) is 107 cm³/mol. The van der Waals surface area contributed by atoms with Crippen LogP contribution in [0.5, 0.6) is 0 Å². The van der Waals surface area contributed by atoms with E-state index in [0.29, 0.717) is 18.8 Å². The van der Waals surface area contributed by atoms with Gasteiger partial charge in [0.05, 0.1) is 11.4 Å². The van der Waals surface area contributed by atoms with Crippen LogP contribution in [-0.4, -0.2) is 58.5 Å². The molecule has 2 N–H and O–H groups in total. The summed E-state index contributed by atoms with van der Waals surface area (Å²) >= 11 is 0. The molecule has 0 spiro atoms. The van der Waals surface area contributed by atoms with Gasteiger partial charge in [-0.1, -0.05) is 12.8 Å². The van der Waals surface area contributed by atoms with Gasteiger partial charge in [0, 0.05) is 20.0 Å². The van der Waals surface area contributed by atoms with Crippen molar-refractivity contribution in [1.29, 1.82) is 0 Å². The number of amides is 1. The fraction of sp³-hybridized carbons (Fsp3) is 0.500. The minimum Gasteiger partial charge on any atom is -0.481 e. The zero-order valence-corrected chi connectivity index (χ0v) is 16.5. The molecule has 150 valence electrons. The van der Waals surface area contributed by atoms with Gasteiger partial charge in [0.25, 0.3) is 5.91 Å². The van der Waals surface area contributed by atoms with Gasteiger partial charge in [0.15, 0.2) is 11.5 Å². The number of carboxylic acids is 1. The maximum absolute atomic E-state index is 12.6. The second kappa shape index (κ2) is 8.10. The molecule has 2 aliphatic rings. The lowest BCUT2D eigenvalue weighted by Gasteiger charge is -2.37. The number of hydrogen-bond donors (Lipinski definition) is 2. The van der Waals surface area contributed by atoms with E-state index in [2.05, 4.69) is 9.98 Å². The standard InChI is InChI=1S/C20H26N4O4/c1-12-10-14-15(11-13(12)2)24(9-7-5-4-6-8-16(25)26)18-17(21-14)19(27)23(3)20(28)22-18/h10-11,20,28H,4-9H2,1-3H3,(H,25,26). The van der Waals surface area contributed by atoms with Crippen LogP contribution in [0.2, 0.25) is 0 Å². The lowest BCUT2D eigenvalue weighted by molar-refractivity contribution is -0.137. The molecule has 0 saturated heterocycles. The summed E-state index contributed by atoms with van der Waals surface area (Å²) in [5.74, 6) is -0.727. The minimum atomic E-state index is -1.23. The maximum atomic E-state index is 12.6. The Morgan fingerprint density at radius 1 is 1.14 bits per heavy atom. The average molecular weight is 386 g/mol. The lowest BCUT2D eigenvalue weighted by Crippen LogP contribution is -2.54. The first-order valence-electron chi connectivity index (χ1n) is 9.52. The van der Waals surface area contributed by atoms with Gasteiger partial charge in [-0.2, -0.15) is 0 Å². The number of anilines is 1. The maximum Gasteiger partial charge on any atom is 0.303 e. The van der Waals surface area contributed by atoms with Crippen LogP contribution in [0.4, 0.5) is 11.4 Å². The zero-order chi connectivity index (χ0) is 20.4. The number of rotatable bonds is 7. The van der Waals surface area contributed by atoms with Crippen molar-refractivity contribution in [3.05, 3.63) is 23.3 Å². The van der Waals surface area contributed by atoms with E-state index in [1.165, 1.54) is 11.9 Å². The molecule has 28 heavy (non-hydrogen) atoms. The van der Waals surface area contributed by atoms with Crippen LogP contribution in [-0.2, 0) is 9.59 Å². The minimum absolute atomic E-state index is 0.182. The number of benzene rings is 1. The van der Waals surface area contributed by atoms with Gasteiger partial charge < -0.3 is 15.1 Å². The number of fused-ring (bicyclic) bond motifs is 2. The molecule has 3 rings (SSSR count). The first-order valence-corrected chi connectivity index (χ1v) is 9.52. The van der Waals surface area contributed by atoms with Gasteiger partial charge in [-0.05, 0) is 49.9 Å². The highest BCUT2D eigenvalue weighted by Gasteiger charge is 2.38. The van der Waals surface area contributed by atoms with Gasteiger partial charge in [-0.25, -0.2) is 9.98 Å². The fourth-order valence-corrected chi connectivity index (χ4v) is 3.37. The van der Waals surface area contributed by atoms with Gasteiger partial charge in [0.1, 0.15) is 0 Å². The Kier molecular flexibility index (Phi) is 5.79. The summed E-state index contributed by atoms with van der Waals surface area (Å²) in [5, 5.41) is 18.9. The summed E-state index contributed by atoms with van der Waals surface area (Å²) < 4.78 is 0. The predicted octanol–water partition coefficient (Wildman–Crippen LogP) is 2.38. The number of carbonyl (C=O) groups excluding carboxylic acids is 1. The van der Waals surface area contributed by atoms with Crippen molar-refractivity contribution < 1.29 is 19.8 Å². The van der Waals surface area contributed by atoms with E-state index in [9.17, 15) is 14.7 Å². The van der Waals surface area contributed by atoms with E-state index in [0.717, 1.165) is 41.8 Å². The topological polar surface area (TPSA) is 106 Å². The Labute approximate surface area is 164 Å². The summed E-state index contributed by atoms with van der Waals surface area (Å²) in [4.78, 5) is 35.2. The van der Waals surface area contributed by atoms with Crippen LogP contribution in [0.25, 0.3) is 0 Å². The highest BCUT2D eigenvalue weighted by molar-refractivity contribution is 6.70. The number of nitrogens with zero attached hydrogens (tertiary/aromatic N) is 4. The molecule has 2 aliphatic heterocycles. The van der Waals surface area contributed by atoms with Crippen molar-refractivity contribution in [2.24, 2.45) is 9.98 Å². The molecule has 0 saturated carbocycles. The summed E-state index contributed by atoms with van der Waals surface area (Å²) in [5.41, 5.74) is 4.05. The molecule has 1 amide bonds. The van der Waals surface area contributed by atoms with Crippen LogP contribution >= 0.6 is 0 Å². The van der Waals surface area contributed by atoms with E-state index >= 15 is 0 Å². The monoisotopic (exact) mass is 386 g/mol. The molecule has 1 aromatic carbocycles. The Bertz CT molecular complexity index is 862. The number of carboxylic acid groups (broad SMARTS) is 1. The molecule has 8 heteroatoms.